The normalized spacial score (nSPS) is 26.4. The minimum Gasteiger partial charge on any atom is -0.504 e. The number of thiophene rings is 2. The molecule has 13 heteroatoms. The predicted octanol–water partition coefficient (Wildman–Crippen LogP) is 7.86. The molecule has 2 aromatic carbocycles. The first-order chi connectivity index (χ1) is 25.9. The van der Waals surface area contributed by atoms with E-state index in [-0.39, 0.29) is 36.3 Å². The van der Waals surface area contributed by atoms with E-state index in [4.69, 9.17) is 21.4 Å². The first-order valence-corrected chi connectivity index (χ1v) is 20.1. The summed E-state index contributed by atoms with van der Waals surface area (Å²) in [7, 11) is 1.72. The number of hydrogen-bond donors (Lipinski definition) is 1. The van der Waals surface area contributed by atoms with Crippen molar-refractivity contribution in [1.82, 2.24) is 14.7 Å². The highest BCUT2D eigenvalue weighted by molar-refractivity contribution is 7.22. The number of aromatic hydroxyl groups is 1. The van der Waals surface area contributed by atoms with Gasteiger partial charge in [-0.1, -0.05) is 41.4 Å². The maximum Gasteiger partial charge on any atom is 0.242 e. The second-order valence-corrected chi connectivity index (χ2v) is 17.4. The Bertz CT molecular complexity index is 2450. The van der Waals surface area contributed by atoms with E-state index in [0.29, 0.717) is 35.1 Å². The van der Waals surface area contributed by atoms with Crippen LogP contribution in [0.5, 0.6) is 11.5 Å². The number of benzene rings is 2. The van der Waals surface area contributed by atoms with E-state index in [2.05, 4.69) is 0 Å². The Hall–Kier alpha value is -4.78. The van der Waals surface area contributed by atoms with Crippen LogP contribution in [0.15, 0.2) is 71.6 Å². The van der Waals surface area contributed by atoms with Crippen LogP contribution in [0.2, 0.25) is 5.02 Å². The largest absolute Gasteiger partial charge is 0.504 e. The number of halogens is 1. The van der Waals surface area contributed by atoms with E-state index < -0.39 is 46.8 Å². The van der Waals surface area contributed by atoms with Crippen LogP contribution in [0.25, 0.3) is 20.7 Å². The van der Waals surface area contributed by atoms with Gasteiger partial charge in [0.25, 0.3) is 0 Å². The Morgan fingerprint density at radius 1 is 1.04 bits per heavy atom. The SMILES string of the molecule is CCOc1cccc([C@H]2C3=CC[C@@H]4C(=O)N(Cc5cccs5)C(=O)[C@@H]4[C@@H]3C[C@H]3C(=O)N(c4cc(-c5sc6ccc(Cl)cc6c5C)nn4C)C(=O)[C@@]23C)c1O. The number of allylic oxidation sites excluding steroid dienone is 2. The highest BCUT2D eigenvalue weighted by Crippen LogP contribution is 2.65. The third kappa shape index (κ3) is 4.92. The fourth-order valence-electron chi connectivity index (χ4n) is 9.62. The number of aryl methyl sites for hydroxylation is 2. The third-order valence-electron chi connectivity index (χ3n) is 12.1. The van der Waals surface area contributed by atoms with Crippen molar-refractivity contribution in [3.05, 3.63) is 92.7 Å². The third-order valence-corrected chi connectivity index (χ3v) is 14.5. The van der Waals surface area contributed by atoms with Crippen molar-refractivity contribution in [2.24, 2.45) is 36.1 Å². The van der Waals surface area contributed by atoms with Gasteiger partial charge in [-0.15, -0.1) is 22.7 Å². The first kappa shape index (κ1) is 35.0. The van der Waals surface area contributed by atoms with E-state index in [9.17, 15) is 19.5 Å². The molecule has 3 fully saturated rings. The summed E-state index contributed by atoms with van der Waals surface area (Å²) in [5.41, 5.74) is 1.53. The molecule has 6 atom stereocenters. The fourth-order valence-corrected chi connectivity index (χ4v) is 11.6. The van der Waals surface area contributed by atoms with E-state index in [1.165, 1.54) is 21.1 Å². The van der Waals surface area contributed by atoms with Gasteiger partial charge in [-0.05, 0) is 86.2 Å². The fraction of sp³-hybridized carbons (Fsp3) is 0.341. The number of carbonyl (C=O) groups excluding carboxylic acids is 4. The molecule has 9 rings (SSSR count). The van der Waals surface area contributed by atoms with Crippen molar-refractivity contribution in [1.29, 1.82) is 0 Å². The van der Waals surface area contributed by atoms with Crippen LogP contribution in [0.3, 0.4) is 0 Å². The van der Waals surface area contributed by atoms with Gasteiger partial charge in [-0.2, -0.15) is 5.10 Å². The molecule has 2 aliphatic carbocycles. The second-order valence-electron chi connectivity index (χ2n) is 14.8. The summed E-state index contributed by atoms with van der Waals surface area (Å²) < 4.78 is 8.41. The van der Waals surface area contributed by atoms with Gasteiger partial charge in [0, 0.05) is 39.2 Å². The molecule has 2 aliphatic heterocycles. The number of fused-ring (bicyclic) bond motifs is 5. The van der Waals surface area contributed by atoms with Crippen molar-refractivity contribution in [3.63, 3.8) is 0 Å². The Morgan fingerprint density at radius 3 is 2.61 bits per heavy atom. The lowest BCUT2D eigenvalue weighted by Gasteiger charge is -2.49. The van der Waals surface area contributed by atoms with E-state index >= 15 is 4.79 Å². The molecule has 3 aromatic heterocycles. The minimum atomic E-state index is -1.34. The summed E-state index contributed by atoms with van der Waals surface area (Å²) in [6, 6.07) is 16.5. The Labute approximate surface area is 324 Å². The van der Waals surface area contributed by atoms with Crippen LogP contribution >= 0.6 is 34.3 Å². The molecule has 54 heavy (non-hydrogen) atoms. The number of phenolic OH excluding ortho intramolecular Hbond substituents is 1. The molecule has 1 N–H and O–H groups in total. The van der Waals surface area contributed by atoms with Gasteiger partial charge in [0.2, 0.25) is 23.6 Å². The molecular weight excluding hydrogens is 744 g/mol. The van der Waals surface area contributed by atoms with Crippen LogP contribution in [-0.4, -0.2) is 50.0 Å². The summed E-state index contributed by atoms with van der Waals surface area (Å²) in [6.07, 6.45) is 2.52. The molecule has 0 radical (unpaired) electrons. The number of para-hydroxylation sites is 1. The predicted molar refractivity (Wildman–Crippen MR) is 208 cm³/mol. The highest BCUT2D eigenvalue weighted by atomic mass is 35.5. The lowest BCUT2D eigenvalue weighted by molar-refractivity contribution is -0.141. The molecule has 4 amide bonds. The Morgan fingerprint density at radius 2 is 1.85 bits per heavy atom. The number of likely N-dealkylation sites (tertiary alicyclic amines) is 1. The van der Waals surface area contributed by atoms with Gasteiger partial charge in [0.15, 0.2) is 11.5 Å². The molecule has 5 heterocycles. The number of aromatic nitrogens is 2. The van der Waals surface area contributed by atoms with Crippen LogP contribution in [0.1, 0.15) is 48.6 Å². The maximum absolute atomic E-state index is 15.2. The van der Waals surface area contributed by atoms with Crippen LogP contribution in [0.4, 0.5) is 5.82 Å². The van der Waals surface area contributed by atoms with E-state index in [0.717, 1.165) is 31.0 Å². The summed E-state index contributed by atoms with van der Waals surface area (Å²) >= 11 is 9.38. The molecule has 2 saturated heterocycles. The molecule has 4 aliphatic rings. The molecule has 1 saturated carbocycles. The minimum absolute atomic E-state index is 0.108. The summed E-state index contributed by atoms with van der Waals surface area (Å²) in [6.45, 7) is 6.15. The molecule has 0 bridgehead atoms. The smallest absolute Gasteiger partial charge is 0.242 e. The second kappa shape index (κ2) is 12.6. The quantitative estimate of drug-likeness (QED) is 0.132. The molecule has 5 aromatic rings. The zero-order valence-corrected chi connectivity index (χ0v) is 32.4. The highest BCUT2D eigenvalue weighted by Gasteiger charge is 2.68. The van der Waals surface area contributed by atoms with Gasteiger partial charge in [-0.25, -0.2) is 4.90 Å². The van der Waals surface area contributed by atoms with Crippen molar-refractivity contribution in [2.75, 3.05) is 11.5 Å². The van der Waals surface area contributed by atoms with E-state index in [1.807, 2.05) is 55.6 Å². The zero-order valence-electron chi connectivity index (χ0n) is 30.0. The van der Waals surface area contributed by atoms with Crippen LogP contribution < -0.4 is 9.64 Å². The molecular formula is C41H37ClN4O6S2. The number of rotatable bonds is 7. The summed E-state index contributed by atoms with van der Waals surface area (Å²) in [4.78, 5) is 62.6. The topological polar surface area (TPSA) is 122 Å². The number of nitrogens with zero attached hydrogens (tertiary/aromatic N) is 4. The summed E-state index contributed by atoms with van der Waals surface area (Å²) in [5.74, 6) is -4.16. The maximum atomic E-state index is 15.2. The van der Waals surface area contributed by atoms with Crippen molar-refractivity contribution >= 4 is 73.8 Å². The summed E-state index contributed by atoms with van der Waals surface area (Å²) in [5, 5.41) is 20.1. The van der Waals surface area contributed by atoms with Crippen LogP contribution in [0, 0.1) is 36.0 Å². The number of anilines is 1. The van der Waals surface area contributed by atoms with Gasteiger partial charge in [0.1, 0.15) is 11.5 Å². The number of phenols is 1. The molecule has 10 nitrogen and oxygen atoms in total. The monoisotopic (exact) mass is 780 g/mol. The van der Waals surface area contributed by atoms with Gasteiger partial charge in [0.05, 0.1) is 41.2 Å². The van der Waals surface area contributed by atoms with Gasteiger partial charge >= 0.3 is 0 Å². The Kier molecular flexibility index (Phi) is 8.18. The average molecular weight is 781 g/mol. The van der Waals surface area contributed by atoms with Crippen LogP contribution in [-0.2, 0) is 32.8 Å². The van der Waals surface area contributed by atoms with E-state index in [1.54, 1.807) is 54.3 Å². The lowest BCUT2D eigenvalue weighted by Crippen LogP contribution is -2.49. The zero-order chi connectivity index (χ0) is 37.8. The Balaban J connectivity index is 1.16. The lowest BCUT2D eigenvalue weighted by atomic mass is 9.51. The molecule has 276 valence electrons. The average Bonchev–Trinajstić information content (AvgIpc) is 3.96. The van der Waals surface area contributed by atoms with Gasteiger partial charge in [-0.3, -0.25) is 28.8 Å². The van der Waals surface area contributed by atoms with Crippen molar-refractivity contribution < 1.29 is 29.0 Å². The number of ether oxygens (including phenoxy) is 1. The van der Waals surface area contributed by atoms with Crippen molar-refractivity contribution in [2.45, 2.75) is 46.1 Å². The number of imide groups is 2. The van der Waals surface area contributed by atoms with Crippen molar-refractivity contribution in [3.8, 4) is 22.1 Å². The number of hydrogen-bond acceptors (Lipinski definition) is 9. The van der Waals surface area contributed by atoms with Gasteiger partial charge < -0.3 is 9.84 Å². The molecule has 0 spiro atoms. The molecule has 0 unspecified atom stereocenters. The first-order valence-electron chi connectivity index (χ1n) is 18.1. The number of amides is 4. The number of carbonyl (C=O) groups is 4. The standard InChI is InChI=1S/C41H37ClN4O6S2/c1-5-52-30-10-6-9-25(35(30)47)34-23-12-13-24-33(39(50)45(37(24)48)19-22-8-7-15-53-22)27(23)17-28-38(49)46(40(51)41(28,34)3)32-18-29(43-44(32)4)36-20(2)26-16-21(42)11-14-31(26)54-36/h6-12,14-16,18,24,27-28,33-34,47H,5,13,17,19H2,1-4H3/t24-,27+,28-,33-,34+,41+/m0/s1.